The molecule has 0 amide bonds. The lowest BCUT2D eigenvalue weighted by Crippen LogP contribution is -2.22. The summed E-state index contributed by atoms with van der Waals surface area (Å²) in [5, 5.41) is 0. The highest BCUT2D eigenvalue weighted by Crippen LogP contribution is 2.22. The molecule has 156 valence electrons. The van der Waals surface area contributed by atoms with Crippen molar-refractivity contribution in [3.05, 3.63) is 60.2 Å². The Balaban J connectivity index is 1.71. The van der Waals surface area contributed by atoms with E-state index in [1.54, 1.807) is 0 Å². The second-order valence-corrected chi connectivity index (χ2v) is 7.26. The SMILES string of the molecule is CCC(OC(=O)CCCC(=O)OCc1cccc(Oc2ccccc2)c1)C(C)C. The number of benzene rings is 2. The minimum absolute atomic E-state index is 0.0696. The van der Waals surface area contributed by atoms with E-state index >= 15 is 0 Å². The second kappa shape index (κ2) is 11.9. The van der Waals surface area contributed by atoms with Gasteiger partial charge in [-0.05, 0) is 48.6 Å². The van der Waals surface area contributed by atoms with Crippen LogP contribution >= 0.6 is 0 Å². The zero-order valence-electron chi connectivity index (χ0n) is 17.4. The third-order valence-corrected chi connectivity index (χ3v) is 4.47. The van der Waals surface area contributed by atoms with Gasteiger partial charge in [-0.15, -0.1) is 0 Å². The average Bonchev–Trinajstić information content (AvgIpc) is 2.71. The zero-order valence-corrected chi connectivity index (χ0v) is 17.4. The van der Waals surface area contributed by atoms with Crippen molar-refractivity contribution >= 4 is 11.9 Å². The Bertz CT molecular complexity index is 770. The number of esters is 2. The Morgan fingerprint density at radius 3 is 2.28 bits per heavy atom. The van der Waals surface area contributed by atoms with Gasteiger partial charge in [-0.25, -0.2) is 0 Å². The van der Waals surface area contributed by atoms with Crippen molar-refractivity contribution in [3.8, 4) is 11.5 Å². The molecule has 2 rings (SSSR count). The largest absolute Gasteiger partial charge is 0.462 e. The molecule has 0 aliphatic carbocycles. The van der Waals surface area contributed by atoms with Crippen LogP contribution in [0.5, 0.6) is 11.5 Å². The van der Waals surface area contributed by atoms with Crippen LogP contribution < -0.4 is 4.74 Å². The summed E-state index contributed by atoms with van der Waals surface area (Å²) in [5.41, 5.74) is 0.842. The molecule has 0 saturated heterocycles. The maximum atomic E-state index is 12.0. The smallest absolute Gasteiger partial charge is 0.306 e. The minimum atomic E-state index is -0.330. The number of hydrogen-bond acceptors (Lipinski definition) is 5. The van der Waals surface area contributed by atoms with E-state index in [9.17, 15) is 9.59 Å². The van der Waals surface area contributed by atoms with Gasteiger partial charge in [0.2, 0.25) is 0 Å². The van der Waals surface area contributed by atoms with E-state index in [4.69, 9.17) is 14.2 Å². The first-order valence-corrected chi connectivity index (χ1v) is 10.1. The molecule has 29 heavy (non-hydrogen) atoms. The number of para-hydroxylation sites is 1. The Kier molecular flexibility index (Phi) is 9.22. The van der Waals surface area contributed by atoms with E-state index in [2.05, 4.69) is 0 Å². The summed E-state index contributed by atoms with van der Waals surface area (Å²) < 4.78 is 16.5. The van der Waals surface area contributed by atoms with Crippen molar-refractivity contribution in [2.24, 2.45) is 5.92 Å². The molecule has 0 heterocycles. The summed E-state index contributed by atoms with van der Waals surface area (Å²) in [6.07, 6.45) is 1.55. The van der Waals surface area contributed by atoms with Crippen LogP contribution in [0.4, 0.5) is 0 Å². The fourth-order valence-corrected chi connectivity index (χ4v) is 2.86. The highest BCUT2D eigenvalue weighted by molar-refractivity contribution is 5.72. The highest BCUT2D eigenvalue weighted by atomic mass is 16.5. The summed E-state index contributed by atoms with van der Waals surface area (Å²) >= 11 is 0. The molecule has 2 aromatic carbocycles. The van der Waals surface area contributed by atoms with Crippen molar-refractivity contribution in [3.63, 3.8) is 0 Å². The fraction of sp³-hybridized carbons (Fsp3) is 0.417. The van der Waals surface area contributed by atoms with Crippen LogP contribution in [-0.2, 0) is 25.7 Å². The van der Waals surface area contributed by atoms with Gasteiger partial charge in [0.15, 0.2) is 0 Å². The molecule has 0 aromatic heterocycles. The molecule has 5 heteroatoms. The molecule has 0 bridgehead atoms. The van der Waals surface area contributed by atoms with Gasteiger partial charge in [0.1, 0.15) is 24.2 Å². The van der Waals surface area contributed by atoms with Crippen molar-refractivity contribution in [1.82, 2.24) is 0 Å². The minimum Gasteiger partial charge on any atom is -0.462 e. The maximum absolute atomic E-state index is 12.0. The molecular weight excluding hydrogens is 368 g/mol. The number of carbonyl (C=O) groups is 2. The lowest BCUT2D eigenvalue weighted by Gasteiger charge is -2.19. The van der Waals surface area contributed by atoms with E-state index in [0.717, 1.165) is 17.7 Å². The summed E-state index contributed by atoms with van der Waals surface area (Å²) in [7, 11) is 0. The first kappa shape index (κ1) is 22.5. The van der Waals surface area contributed by atoms with Gasteiger partial charge in [0.25, 0.3) is 0 Å². The van der Waals surface area contributed by atoms with Gasteiger partial charge in [-0.2, -0.15) is 0 Å². The quantitative estimate of drug-likeness (QED) is 0.456. The third-order valence-electron chi connectivity index (χ3n) is 4.47. The van der Waals surface area contributed by atoms with Crippen LogP contribution in [0.3, 0.4) is 0 Å². The van der Waals surface area contributed by atoms with Crippen LogP contribution in [0.15, 0.2) is 54.6 Å². The number of rotatable bonds is 11. The molecule has 0 aliphatic heterocycles. The van der Waals surface area contributed by atoms with Crippen LogP contribution in [-0.4, -0.2) is 18.0 Å². The van der Waals surface area contributed by atoms with E-state index in [0.29, 0.717) is 12.2 Å². The molecule has 0 N–H and O–H groups in total. The Hall–Kier alpha value is -2.82. The first-order chi connectivity index (χ1) is 14.0. The molecule has 0 radical (unpaired) electrons. The molecule has 0 saturated carbocycles. The number of hydrogen-bond donors (Lipinski definition) is 0. The molecule has 1 unspecified atom stereocenters. The van der Waals surface area contributed by atoms with Crippen molar-refractivity contribution in [2.45, 2.75) is 59.2 Å². The molecule has 0 spiro atoms. The van der Waals surface area contributed by atoms with Crippen LogP contribution in [0, 0.1) is 5.92 Å². The summed E-state index contributed by atoms with van der Waals surface area (Å²) in [5.74, 6) is 1.13. The predicted molar refractivity (Wildman–Crippen MR) is 112 cm³/mol. The summed E-state index contributed by atoms with van der Waals surface area (Å²) in [4.78, 5) is 23.8. The number of carbonyl (C=O) groups excluding carboxylic acids is 2. The van der Waals surface area contributed by atoms with E-state index < -0.39 is 0 Å². The Morgan fingerprint density at radius 1 is 0.897 bits per heavy atom. The van der Waals surface area contributed by atoms with Gasteiger partial charge < -0.3 is 14.2 Å². The van der Waals surface area contributed by atoms with E-state index in [-0.39, 0.29) is 43.4 Å². The zero-order chi connectivity index (χ0) is 21.1. The van der Waals surface area contributed by atoms with Gasteiger partial charge in [-0.1, -0.05) is 51.1 Å². The molecule has 0 fully saturated rings. The fourth-order valence-electron chi connectivity index (χ4n) is 2.86. The number of ether oxygens (including phenoxy) is 3. The summed E-state index contributed by atoms with van der Waals surface area (Å²) in [6, 6.07) is 16.9. The Labute approximate surface area is 173 Å². The molecule has 2 aromatic rings. The maximum Gasteiger partial charge on any atom is 0.306 e. The lowest BCUT2D eigenvalue weighted by atomic mass is 10.1. The first-order valence-electron chi connectivity index (χ1n) is 10.1. The Morgan fingerprint density at radius 2 is 1.59 bits per heavy atom. The standard InChI is InChI=1S/C24H30O5/c1-4-22(18(2)3)29-24(26)15-9-14-23(25)27-17-19-10-8-13-21(16-19)28-20-11-6-5-7-12-20/h5-8,10-13,16,18,22H,4,9,14-15,17H2,1-3H3. The normalized spacial score (nSPS) is 11.7. The lowest BCUT2D eigenvalue weighted by molar-refractivity contribution is -0.152. The van der Waals surface area contributed by atoms with E-state index in [1.807, 2.05) is 75.4 Å². The van der Waals surface area contributed by atoms with Gasteiger partial charge >= 0.3 is 11.9 Å². The summed E-state index contributed by atoms with van der Waals surface area (Å²) in [6.45, 7) is 6.22. The van der Waals surface area contributed by atoms with Gasteiger partial charge in [-0.3, -0.25) is 9.59 Å². The van der Waals surface area contributed by atoms with Crippen molar-refractivity contribution in [2.75, 3.05) is 0 Å². The van der Waals surface area contributed by atoms with E-state index in [1.165, 1.54) is 0 Å². The highest BCUT2D eigenvalue weighted by Gasteiger charge is 2.16. The molecule has 0 aliphatic rings. The predicted octanol–water partition coefficient (Wildman–Crippen LogP) is 5.67. The van der Waals surface area contributed by atoms with Crippen LogP contribution in [0.2, 0.25) is 0 Å². The van der Waals surface area contributed by atoms with Crippen molar-refractivity contribution < 1.29 is 23.8 Å². The van der Waals surface area contributed by atoms with Gasteiger partial charge in [0, 0.05) is 12.8 Å². The van der Waals surface area contributed by atoms with Gasteiger partial charge in [0.05, 0.1) is 0 Å². The van der Waals surface area contributed by atoms with Crippen LogP contribution in [0.25, 0.3) is 0 Å². The second-order valence-electron chi connectivity index (χ2n) is 7.26. The molecule has 1 atom stereocenters. The molecule has 5 nitrogen and oxygen atoms in total. The monoisotopic (exact) mass is 398 g/mol. The van der Waals surface area contributed by atoms with Crippen LogP contribution in [0.1, 0.15) is 52.0 Å². The topological polar surface area (TPSA) is 61.8 Å². The van der Waals surface area contributed by atoms with Crippen molar-refractivity contribution in [1.29, 1.82) is 0 Å². The third kappa shape index (κ3) is 8.38. The average molecular weight is 398 g/mol. The molecular formula is C24H30O5.